The van der Waals surface area contributed by atoms with Crippen molar-refractivity contribution in [3.8, 4) is 0 Å². The molecule has 0 fully saturated rings. The van der Waals surface area contributed by atoms with E-state index >= 15 is 0 Å². The van der Waals surface area contributed by atoms with Gasteiger partial charge in [-0.05, 0) is 31.2 Å². The normalized spacial score (nSPS) is 9.74. The van der Waals surface area contributed by atoms with E-state index in [0.29, 0.717) is 24.4 Å². The molecule has 0 unspecified atom stereocenters. The fourth-order valence-electron chi connectivity index (χ4n) is 1.40. The second-order valence-corrected chi connectivity index (χ2v) is 3.77. The third kappa shape index (κ3) is 5.35. The van der Waals surface area contributed by atoms with Crippen LogP contribution >= 0.6 is 0 Å². The Balaban J connectivity index is 2.50. The van der Waals surface area contributed by atoms with Crippen molar-refractivity contribution >= 4 is 17.6 Å². The molecule has 5 heteroatoms. The smallest absolute Gasteiger partial charge is 0.338 e. The lowest BCUT2D eigenvalue weighted by atomic mass is 10.2. The minimum absolute atomic E-state index is 0.147. The summed E-state index contributed by atoms with van der Waals surface area (Å²) in [7, 11) is 0. The number of anilines is 1. The molecule has 0 saturated carbocycles. The number of ether oxygens (including phenoxy) is 1. The first-order valence-corrected chi connectivity index (χ1v) is 6.06. The van der Waals surface area contributed by atoms with Crippen LogP contribution in [0.4, 0.5) is 5.69 Å². The summed E-state index contributed by atoms with van der Waals surface area (Å²) in [6.07, 6.45) is 1.68. The van der Waals surface area contributed by atoms with Crippen LogP contribution in [0, 0.1) is 0 Å². The maximum atomic E-state index is 11.5. The standard InChI is InChI=1S/C14H18N2O3/c1-3-9-15-10-13(17)16-12-7-5-11(6-8-12)14(18)19-4-2/h3,5-8,15H,1,4,9-10H2,2H3,(H,16,17). The predicted octanol–water partition coefficient (Wildman–Crippen LogP) is 1.58. The Morgan fingerprint density at radius 2 is 2.00 bits per heavy atom. The average Bonchev–Trinajstić information content (AvgIpc) is 2.40. The van der Waals surface area contributed by atoms with Gasteiger partial charge in [0.15, 0.2) is 0 Å². The van der Waals surface area contributed by atoms with Crippen molar-refractivity contribution in [2.45, 2.75) is 6.92 Å². The van der Waals surface area contributed by atoms with Gasteiger partial charge in [0.2, 0.25) is 5.91 Å². The van der Waals surface area contributed by atoms with Gasteiger partial charge in [0.05, 0.1) is 18.7 Å². The zero-order chi connectivity index (χ0) is 14.1. The van der Waals surface area contributed by atoms with Crippen LogP contribution in [0.2, 0.25) is 0 Å². The van der Waals surface area contributed by atoms with E-state index in [1.54, 1.807) is 37.3 Å². The first-order chi connectivity index (χ1) is 9.17. The zero-order valence-electron chi connectivity index (χ0n) is 10.9. The third-order valence-corrected chi connectivity index (χ3v) is 2.25. The molecular formula is C14H18N2O3. The van der Waals surface area contributed by atoms with E-state index in [-0.39, 0.29) is 18.4 Å². The molecule has 0 aliphatic carbocycles. The fourth-order valence-corrected chi connectivity index (χ4v) is 1.40. The van der Waals surface area contributed by atoms with E-state index in [2.05, 4.69) is 17.2 Å². The van der Waals surface area contributed by atoms with Crippen molar-refractivity contribution < 1.29 is 14.3 Å². The number of hydrogen-bond acceptors (Lipinski definition) is 4. The summed E-state index contributed by atoms with van der Waals surface area (Å²) in [5.41, 5.74) is 1.10. The lowest BCUT2D eigenvalue weighted by molar-refractivity contribution is -0.115. The van der Waals surface area contributed by atoms with Gasteiger partial charge in [-0.3, -0.25) is 4.79 Å². The second-order valence-electron chi connectivity index (χ2n) is 3.77. The minimum Gasteiger partial charge on any atom is -0.462 e. The number of benzene rings is 1. The molecular weight excluding hydrogens is 244 g/mol. The number of carbonyl (C=O) groups excluding carboxylic acids is 2. The van der Waals surface area contributed by atoms with Crippen LogP contribution in [0.1, 0.15) is 17.3 Å². The quantitative estimate of drug-likeness (QED) is 0.445. The van der Waals surface area contributed by atoms with Gasteiger partial charge in [-0.1, -0.05) is 6.08 Å². The number of hydrogen-bond donors (Lipinski definition) is 2. The van der Waals surface area contributed by atoms with Gasteiger partial charge in [0.25, 0.3) is 0 Å². The molecule has 2 N–H and O–H groups in total. The van der Waals surface area contributed by atoms with Crippen molar-refractivity contribution in [1.29, 1.82) is 0 Å². The Labute approximate surface area is 112 Å². The molecule has 0 saturated heterocycles. The lowest BCUT2D eigenvalue weighted by Gasteiger charge is -2.06. The highest BCUT2D eigenvalue weighted by Gasteiger charge is 2.06. The maximum absolute atomic E-state index is 11.5. The highest BCUT2D eigenvalue weighted by atomic mass is 16.5. The number of rotatable bonds is 7. The van der Waals surface area contributed by atoms with Crippen LogP contribution in [0.15, 0.2) is 36.9 Å². The van der Waals surface area contributed by atoms with Crippen LogP contribution in [0.3, 0.4) is 0 Å². The van der Waals surface area contributed by atoms with Crippen LogP contribution < -0.4 is 10.6 Å². The molecule has 1 amide bonds. The molecule has 19 heavy (non-hydrogen) atoms. The SMILES string of the molecule is C=CCNCC(=O)Nc1ccc(C(=O)OCC)cc1. The van der Waals surface area contributed by atoms with Gasteiger partial charge in [0, 0.05) is 12.2 Å². The summed E-state index contributed by atoms with van der Waals surface area (Å²) in [5.74, 6) is -0.515. The molecule has 0 heterocycles. The molecule has 0 aliphatic rings. The van der Waals surface area contributed by atoms with Crippen molar-refractivity contribution in [3.05, 3.63) is 42.5 Å². The van der Waals surface area contributed by atoms with Crippen molar-refractivity contribution in [2.75, 3.05) is 25.0 Å². The fraction of sp³-hybridized carbons (Fsp3) is 0.286. The second kappa shape index (κ2) is 8.05. The van der Waals surface area contributed by atoms with Gasteiger partial charge in [-0.25, -0.2) is 4.79 Å². The van der Waals surface area contributed by atoms with Gasteiger partial charge in [0.1, 0.15) is 0 Å². The van der Waals surface area contributed by atoms with Crippen molar-refractivity contribution in [2.24, 2.45) is 0 Å². The molecule has 5 nitrogen and oxygen atoms in total. The summed E-state index contributed by atoms with van der Waals surface area (Å²) < 4.78 is 4.87. The molecule has 0 atom stereocenters. The minimum atomic E-state index is -0.368. The van der Waals surface area contributed by atoms with Crippen molar-refractivity contribution in [1.82, 2.24) is 5.32 Å². The third-order valence-electron chi connectivity index (χ3n) is 2.25. The topological polar surface area (TPSA) is 67.4 Å². The lowest BCUT2D eigenvalue weighted by Crippen LogP contribution is -2.28. The Bertz CT molecular complexity index is 441. The molecule has 102 valence electrons. The molecule has 0 aromatic heterocycles. The van der Waals surface area contributed by atoms with Crippen molar-refractivity contribution in [3.63, 3.8) is 0 Å². The van der Waals surface area contributed by atoms with E-state index < -0.39 is 0 Å². The molecule has 1 aromatic rings. The van der Waals surface area contributed by atoms with E-state index in [9.17, 15) is 9.59 Å². The monoisotopic (exact) mass is 262 g/mol. The molecule has 1 aromatic carbocycles. The van der Waals surface area contributed by atoms with Gasteiger partial charge < -0.3 is 15.4 Å². The maximum Gasteiger partial charge on any atom is 0.338 e. The summed E-state index contributed by atoms with van der Waals surface area (Å²) >= 11 is 0. The van der Waals surface area contributed by atoms with Gasteiger partial charge in [-0.15, -0.1) is 6.58 Å². The highest BCUT2D eigenvalue weighted by Crippen LogP contribution is 2.10. The molecule has 0 radical (unpaired) electrons. The summed E-state index contributed by atoms with van der Waals surface area (Å²) in [5, 5.41) is 5.61. The number of amides is 1. The number of esters is 1. The Morgan fingerprint density at radius 3 is 2.58 bits per heavy atom. The van der Waals surface area contributed by atoms with E-state index in [4.69, 9.17) is 4.74 Å². The van der Waals surface area contributed by atoms with Crippen LogP contribution in [-0.2, 0) is 9.53 Å². The van der Waals surface area contributed by atoms with Crippen LogP contribution in [-0.4, -0.2) is 31.6 Å². The summed E-state index contributed by atoms with van der Waals surface area (Å²) in [6, 6.07) is 6.56. The predicted molar refractivity (Wildman–Crippen MR) is 74.1 cm³/mol. The van der Waals surface area contributed by atoms with Crippen LogP contribution in [0.25, 0.3) is 0 Å². The van der Waals surface area contributed by atoms with E-state index in [1.807, 2.05) is 0 Å². The first-order valence-electron chi connectivity index (χ1n) is 6.06. The molecule has 0 bridgehead atoms. The van der Waals surface area contributed by atoms with E-state index in [1.165, 1.54) is 0 Å². The van der Waals surface area contributed by atoms with Gasteiger partial charge in [-0.2, -0.15) is 0 Å². The Hall–Kier alpha value is -2.14. The first kappa shape index (κ1) is 14.9. The van der Waals surface area contributed by atoms with Gasteiger partial charge >= 0.3 is 5.97 Å². The summed E-state index contributed by atoms with van der Waals surface area (Å²) in [4.78, 5) is 22.9. The molecule has 1 rings (SSSR count). The number of nitrogens with one attached hydrogen (secondary N) is 2. The summed E-state index contributed by atoms with van der Waals surface area (Å²) in [6.45, 7) is 6.43. The number of carbonyl (C=O) groups is 2. The average molecular weight is 262 g/mol. The van der Waals surface area contributed by atoms with Crippen LogP contribution in [0.5, 0.6) is 0 Å². The highest BCUT2D eigenvalue weighted by molar-refractivity contribution is 5.93. The largest absolute Gasteiger partial charge is 0.462 e. The molecule has 0 aliphatic heterocycles. The van der Waals surface area contributed by atoms with E-state index in [0.717, 1.165) is 0 Å². The Morgan fingerprint density at radius 1 is 1.32 bits per heavy atom. The zero-order valence-corrected chi connectivity index (χ0v) is 10.9. The Kier molecular flexibility index (Phi) is 6.32. The molecule has 0 spiro atoms.